The van der Waals surface area contributed by atoms with Crippen LogP contribution in [0.2, 0.25) is 0 Å². The van der Waals surface area contributed by atoms with Crippen molar-refractivity contribution in [2.45, 2.75) is 0 Å². The summed E-state index contributed by atoms with van der Waals surface area (Å²) in [6.07, 6.45) is 3.77. The maximum absolute atomic E-state index is 9.25. The average Bonchev–Trinajstić information content (AvgIpc) is 3.32. The van der Waals surface area contributed by atoms with Crippen LogP contribution in [0.3, 0.4) is 0 Å². The van der Waals surface area contributed by atoms with Crippen LogP contribution < -0.4 is 0 Å². The Morgan fingerprint density at radius 2 is 1.12 bits per heavy atom. The maximum Gasteiger partial charge on any atom is 0.101 e. The second-order valence-corrected chi connectivity index (χ2v) is 5.53. The Bertz CT molecular complexity index is 1010. The first kappa shape index (κ1) is 13.9. The molecule has 0 fully saturated rings. The fourth-order valence-corrected chi connectivity index (χ4v) is 2.98. The minimum absolute atomic E-state index is 0.398. The molecule has 2 aromatic heterocycles. The molecular weight excluding hydrogens is 296 g/mol. The van der Waals surface area contributed by atoms with E-state index in [0.29, 0.717) is 11.1 Å². The minimum atomic E-state index is 0.398. The molecule has 0 aliphatic rings. The van der Waals surface area contributed by atoms with E-state index in [-0.39, 0.29) is 0 Å². The molecule has 0 aliphatic carbocycles. The molecule has 4 nitrogen and oxygen atoms in total. The highest BCUT2D eigenvalue weighted by molar-refractivity contribution is 5.96. The van der Waals surface area contributed by atoms with Crippen molar-refractivity contribution in [2.75, 3.05) is 0 Å². The maximum atomic E-state index is 9.25. The summed E-state index contributed by atoms with van der Waals surface area (Å²) in [6.45, 7) is 0. The van der Waals surface area contributed by atoms with Crippen molar-refractivity contribution >= 4 is 10.8 Å². The van der Waals surface area contributed by atoms with Gasteiger partial charge in [0.25, 0.3) is 0 Å². The van der Waals surface area contributed by atoms with E-state index in [1.807, 2.05) is 36.7 Å². The first-order chi connectivity index (χ1) is 11.8. The summed E-state index contributed by atoms with van der Waals surface area (Å²) in [5.74, 6) is 0. The van der Waals surface area contributed by atoms with Gasteiger partial charge in [-0.3, -0.25) is 0 Å². The summed E-state index contributed by atoms with van der Waals surface area (Å²) in [4.78, 5) is 6.48. The third-order valence-electron chi connectivity index (χ3n) is 4.13. The molecule has 0 saturated heterocycles. The zero-order valence-electron chi connectivity index (χ0n) is 12.7. The summed E-state index contributed by atoms with van der Waals surface area (Å²) < 4.78 is 0. The molecule has 24 heavy (non-hydrogen) atoms. The van der Waals surface area contributed by atoms with Crippen molar-refractivity contribution < 1.29 is 0 Å². The number of aromatic nitrogens is 2. The molecule has 0 aliphatic heterocycles. The topological polar surface area (TPSA) is 79.2 Å². The predicted octanol–water partition coefficient (Wildman–Crippen LogP) is 4.57. The van der Waals surface area contributed by atoms with Crippen LogP contribution in [0.25, 0.3) is 33.3 Å². The van der Waals surface area contributed by atoms with Crippen molar-refractivity contribution in [2.24, 2.45) is 0 Å². The van der Waals surface area contributed by atoms with Gasteiger partial charge >= 0.3 is 0 Å². The number of nitrogens with one attached hydrogen (secondary N) is 2. The third kappa shape index (κ3) is 2.15. The SMILES string of the molecule is N#Cc1cc2cc(-c3ccc[nH]3)c(-c3ccc[nH]3)cc2cc1C#N. The van der Waals surface area contributed by atoms with E-state index in [0.717, 1.165) is 33.3 Å². The van der Waals surface area contributed by atoms with Gasteiger partial charge in [0.05, 0.1) is 11.1 Å². The molecule has 4 aromatic rings. The fraction of sp³-hybridized carbons (Fsp3) is 0. The normalized spacial score (nSPS) is 10.4. The van der Waals surface area contributed by atoms with E-state index < -0.39 is 0 Å². The monoisotopic (exact) mass is 308 g/mol. The molecule has 2 heterocycles. The Kier molecular flexibility index (Phi) is 3.16. The van der Waals surface area contributed by atoms with Gasteiger partial charge in [-0.25, -0.2) is 0 Å². The lowest BCUT2D eigenvalue weighted by atomic mass is 9.94. The quantitative estimate of drug-likeness (QED) is 0.568. The van der Waals surface area contributed by atoms with Gasteiger partial charge in [-0.05, 0) is 59.3 Å². The predicted molar refractivity (Wildman–Crippen MR) is 93.0 cm³/mol. The smallest absolute Gasteiger partial charge is 0.101 e. The molecule has 2 N–H and O–H groups in total. The molecule has 0 saturated carbocycles. The van der Waals surface area contributed by atoms with E-state index in [1.165, 1.54) is 0 Å². The third-order valence-corrected chi connectivity index (χ3v) is 4.13. The number of nitriles is 2. The highest BCUT2D eigenvalue weighted by atomic mass is 14.7. The first-order valence-electron chi connectivity index (χ1n) is 7.49. The van der Waals surface area contributed by atoms with E-state index in [1.54, 1.807) is 12.1 Å². The molecule has 0 bridgehead atoms. The molecule has 0 spiro atoms. The molecule has 112 valence electrons. The molecular formula is C20H12N4. The van der Waals surface area contributed by atoms with Crippen LogP contribution in [0, 0.1) is 22.7 Å². The van der Waals surface area contributed by atoms with E-state index in [2.05, 4.69) is 34.2 Å². The van der Waals surface area contributed by atoms with E-state index in [9.17, 15) is 10.5 Å². The summed E-state index contributed by atoms with van der Waals surface area (Å²) in [5.41, 5.74) is 4.89. The number of fused-ring (bicyclic) bond motifs is 1. The van der Waals surface area contributed by atoms with Gasteiger partial charge in [0, 0.05) is 34.9 Å². The van der Waals surface area contributed by atoms with Gasteiger partial charge in [-0.15, -0.1) is 0 Å². The van der Waals surface area contributed by atoms with E-state index in [4.69, 9.17) is 0 Å². The van der Waals surface area contributed by atoms with Crippen molar-refractivity contribution in [3.05, 3.63) is 72.1 Å². The van der Waals surface area contributed by atoms with Gasteiger partial charge in [-0.2, -0.15) is 10.5 Å². The van der Waals surface area contributed by atoms with Crippen LogP contribution in [-0.2, 0) is 0 Å². The zero-order valence-corrected chi connectivity index (χ0v) is 12.7. The fourth-order valence-electron chi connectivity index (χ4n) is 2.98. The minimum Gasteiger partial charge on any atom is -0.361 e. The van der Waals surface area contributed by atoms with Crippen LogP contribution in [0.4, 0.5) is 0 Å². The zero-order chi connectivity index (χ0) is 16.5. The second kappa shape index (κ2) is 5.46. The van der Waals surface area contributed by atoms with Gasteiger partial charge < -0.3 is 9.97 Å². The lowest BCUT2D eigenvalue weighted by Gasteiger charge is -2.11. The highest BCUT2D eigenvalue weighted by Gasteiger charge is 2.13. The molecule has 0 amide bonds. The standard InChI is InChI=1S/C20H12N4/c21-11-15-7-13-9-17(19-3-1-5-23-19)18(20-4-2-6-24-20)10-14(13)8-16(15)12-22/h1-10,23-24H. The van der Waals surface area contributed by atoms with Crippen LogP contribution >= 0.6 is 0 Å². The van der Waals surface area contributed by atoms with Gasteiger partial charge in [-0.1, -0.05) is 0 Å². The van der Waals surface area contributed by atoms with Crippen molar-refractivity contribution in [1.82, 2.24) is 9.97 Å². The number of aromatic amines is 2. The van der Waals surface area contributed by atoms with Crippen LogP contribution in [0.5, 0.6) is 0 Å². The Morgan fingerprint density at radius 3 is 1.46 bits per heavy atom. The summed E-state index contributed by atoms with van der Waals surface area (Å²) >= 11 is 0. The number of hydrogen-bond acceptors (Lipinski definition) is 2. The van der Waals surface area contributed by atoms with Crippen molar-refractivity contribution in [3.8, 4) is 34.7 Å². The second-order valence-electron chi connectivity index (χ2n) is 5.53. The Morgan fingerprint density at radius 1 is 0.667 bits per heavy atom. The number of H-pyrrole nitrogens is 2. The number of hydrogen-bond donors (Lipinski definition) is 2. The van der Waals surface area contributed by atoms with Gasteiger partial charge in [0.1, 0.15) is 12.1 Å². The van der Waals surface area contributed by atoms with Crippen LogP contribution in [0.1, 0.15) is 11.1 Å². The number of nitrogens with zero attached hydrogens (tertiary/aromatic N) is 2. The van der Waals surface area contributed by atoms with Crippen LogP contribution in [0.15, 0.2) is 60.9 Å². The van der Waals surface area contributed by atoms with E-state index >= 15 is 0 Å². The van der Waals surface area contributed by atoms with Crippen LogP contribution in [-0.4, -0.2) is 9.97 Å². The Hall–Kier alpha value is -3.76. The average molecular weight is 308 g/mol. The number of rotatable bonds is 2. The number of benzene rings is 2. The largest absolute Gasteiger partial charge is 0.361 e. The Labute approximate surface area is 138 Å². The molecule has 0 unspecified atom stereocenters. The summed E-state index contributed by atoms with van der Waals surface area (Å²) in [6, 6.07) is 19.8. The lowest BCUT2D eigenvalue weighted by molar-refractivity contribution is 1.38. The molecule has 0 atom stereocenters. The summed E-state index contributed by atoms with van der Waals surface area (Å²) in [5, 5.41) is 20.4. The first-order valence-corrected chi connectivity index (χ1v) is 7.49. The molecule has 4 heteroatoms. The molecule has 2 aromatic carbocycles. The van der Waals surface area contributed by atoms with Gasteiger partial charge in [0.15, 0.2) is 0 Å². The van der Waals surface area contributed by atoms with Gasteiger partial charge in [0.2, 0.25) is 0 Å². The lowest BCUT2D eigenvalue weighted by Crippen LogP contribution is -1.90. The van der Waals surface area contributed by atoms with Crippen molar-refractivity contribution in [3.63, 3.8) is 0 Å². The summed E-state index contributed by atoms with van der Waals surface area (Å²) in [7, 11) is 0. The highest BCUT2D eigenvalue weighted by Crippen LogP contribution is 2.35. The van der Waals surface area contributed by atoms with Crippen molar-refractivity contribution in [1.29, 1.82) is 10.5 Å². The Balaban J connectivity index is 2.07. The molecule has 0 radical (unpaired) electrons. The molecule has 4 rings (SSSR count).